The van der Waals surface area contributed by atoms with E-state index in [-0.39, 0.29) is 0 Å². The van der Waals surface area contributed by atoms with Crippen LogP contribution in [0.25, 0.3) is 0 Å². The Morgan fingerprint density at radius 1 is 1.71 bits per heavy atom. The molecule has 32 valence electrons. The third-order valence-corrected chi connectivity index (χ3v) is 0.727. The maximum Gasteiger partial charge on any atom is 0.0333 e. The van der Waals surface area contributed by atoms with Crippen LogP contribution in [0.4, 0.5) is 0 Å². The van der Waals surface area contributed by atoms with Gasteiger partial charge in [0.1, 0.15) is 0 Å². The van der Waals surface area contributed by atoms with E-state index in [0.29, 0.717) is 0 Å². The van der Waals surface area contributed by atoms with Crippen molar-refractivity contribution in [3.8, 4) is 0 Å². The standard InChI is InChI=1S/C7H4/c1-2-7-5-3-4-6-7/h2,5H,1H2. The molecule has 0 radical (unpaired) electrons. The molecule has 0 fully saturated rings. The first-order valence-corrected chi connectivity index (χ1v) is 2.02. The third-order valence-electron chi connectivity index (χ3n) is 0.727. The molecule has 0 atom stereocenters. The van der Waals surface area contributed by atoms with E-state index in [9.17, 15) is 0 Å². The predicted molar refractivity (Wildman–Crippen MR) is 28.8 cm³/mol. The zero-order valence-electron chi connectivity index (χ0n) is 3.86. The van der Waals surface area contributed by atoms with Crippen molar-refractivity contribution in [2.75, 3.05) is 0 Å². The highest BCUT2D eigenvalue weighted by atomic mass is 13.8. The average molecular weight is 88.1 g/mol. The van der Waals surface area contributed by atoms with Gasteiger partial charge in [-0.3, -0.25) is 0 Å². The van der Waals surface area contributed by atoms with Gasteiger partial charge in [0.2, 0.25) is 0 Å². The minimum Gasteiger partial charge on any atom is -0.0978 e. The average Bonchev–Trinajstić information content (AvgIpc) is 2.14. The fraction of sp³-hybridized carbons (Fsp3) is 0. The summed E-state index contributed by atoms with van der Waals surface area (Å²) < 4.78 is 0. The Kier molecular flexibility index (Phi) is 0.862. The van der Waals surface area contributed by atoms with E-state index < -0.39 is 0 Å². The van der Waals surface area contributed by atoms with Crippen molar-refractivity contribution in [3.63, 3.8) is 0 Å². The molecule has 0 nitrogen and oxygen atoms in total. The van der Waals surface area contributed by atoms with Crippen molar-refractivity contribution in [1.82, 2.24) is 0 Å². The van der Waals surface area contributed by atoms with Crippen LogP contribution in [0.2, 0.25) is 0 Å². The Labute approximate surface area is 42.5 Å². The molecule has 0 N–H and O–H groups in total. The molecule has 0 unspecified atom stereocenters. The molecular weight excluding hydrogens is 84.1 g/mol. The van der Waals surface area contributed by atoms with Crippen molar-refractivity contribution in [1.29, 1.82) is 0 Å². The zero-order valence-corrected chi connectivity index (χ0v) is 3.86. The molecule has 0 aliphatic heterocycles. The fourth-order valence-corrected chi connectivity index (χ4v) is 0.368. The molecule has 1 aliphatic rings. The van der Waals surface area contributed by atoms with Gasteiger partial charge in [-0.2, -0.15) is 0 Å². The lowest BCUT2D eigenvalue weighted by molar-refractivity contribution is 1.80. The first kappa shape index (κ1) is 3.99. The van der Waals surface area contributed by atoms with Crippen LogP contribution in [0.1, 0.15) is 0 Å². The summed E-state index contributed by atoms with van der Waals surface area (Å²) in [6.07, 6.45) is 3.50. The molecule has 0 aromatic carbocycles. The molecule has 0 aromatic heterocycles. The van der Waals surface area contributed by atoms with Crippen molar-refractivity contribution in [3.05, 3.63) is 41.5 Å². The van der Waals surface area contributed by atoms with Gasteiger partial charge in [-0.05, 0) is 5.73 Å². The summed E-state index contributed by atoms with van der Waals surface area (Å²) in [5, 5.41) is 0. The highest BCUT2D eigenvalue weighted by molar-refractivity contribution is 5.30. The van der Waals surface area contributed by atoms with E-state index in [1.807, 2.05) is 0 Å². The quantitative estimate of drug-likeness (QED) is 0.427. The van der Waals surface area contributed by atoms with Crippen molar-refractivity contribution >= 4 is 0 Å². The van der Waals surface area contributed by atoms with Crippen LogP contribution in [0.5, 0.6) is 0 Å². The first-order chi connectivity index (χ1) is 3.43. The van der Waals surface area contributed by atoms with E-state index in [4.69, 9.17) is 0 Å². The second-order valence-electron chi connectivity index (χ2n) is 1.20. The Morgan fingerprint density at radius 3 is 2.86 bits per heavy atom. The van der Waals surface area contributed by atoms with Crippen molar-refractivity contribution in [2.45, 2.75) is 0 Å². The van der Waals surface area contributed by atoms with Crippen LogP contribution < -0.4 is 0 Å². The van der Waals surface area contributed by atoms with Gasteiger partial charge in [-0.1, -0.05) is 24.1 Å². The summed E-state index contributed by atoms with van der Waals surface area (Å²) in [5.74, 6) is 0. The Morgan fingerprint density at radius 2 is 2.57 bits per heavy atom. The van der Waals surface area contributed by atoms with E-state index in [0.717, 1.165) is 5.57 Å². The number of hydrogen-bond donors (Lipinski definition) is 0. The summed E-state index contributed by atoms with van der Waals surface area (Å²) in [6, 6.07) is 0. The van der Waals surface area contributed by atoms with Gasteiger partial charge in [0.05, 0.1) is 0 Å². The summed E-state index contributed by atoms with van der Waals surface area (Å²) >= 11 is 0. The maximum atomic E-state index is 3.53. The Hall–Kier alpha value is -1.18. The second-order valence-corrected chi connectivity index (χ2v) is 1.20. The lowest BCUT2D eigenvalue weighted by Crippen LogP contribution is -1.55. The molecule has 0 amide bonds. The van der Waals surface area contributed by atoms with Gasteiger partial charge >= 0.3 is 0 Å². The summed E-state index contributed by atoms with van der Waals surface area (Å²) in [7, 11) is 0. The molecule has 7 heavy (non-hydrogen) atoms. The molecule has 1 aliphatic carbocycles. The van der Waals surface area contributed by atoms with E-state index in [2.05, 4.69) is 23.8 Å². The van der Waals surface area contributed by atoms with Crippen LogP contribution >= 0.6 is 0 Å². The minimum absolute atomic E-state index is 0.958. The monoisotopic (exact) mass is 88.0 g/mol. The van der Waals surface area contributed by atoms with Crippen molar-refractivity contribution < 1.29 is 0 Å². The van der Waals surface area contributed by atoms with E-state index in [1.54, 1.807) is 12.2 Å². The molecule has 0 spiro atoms. The van der Waals surface area contributed by atoms with Gasteiger partial charge in [-0.15, -0.1) is 0 Å². The zero-order chi connectivity index (χ0) is 5.11. The van der Waals surface area contributed by atoms with Crippen LogP contribution in [0.3, 0.4) is 0 Å². The molecule has 0 saturated heterocycles. The largest absolute Gasteiger partial charge is 0.0978 e. The van der Waals surface area contributed by atoms with Crippen LogP contribution in [0, 0.1) is 0 Å². The Bertz CT molecular complexity index is 212. The number of allylic oxidation sites excluding steroid dienone is 3. The van der Waals surface area contributed by atoms with Crippen LogP contribution in [-0.2, 0) is 0 Å². The molecule has 0 aromatic rings. The van der Waals surface area contributed by atoms with E-state index >= 15 is 0 Å². The highest BCUT2D eigenvalue weighted by Crippen LogP contribution is 1.95. The first-order valence-electron chi connectivity index (χ1n) is 2.02. The molecule has 0 heterocycles. The van der Waals surface area contributed by atoms with Gasteiger partial charge < -0.3 is 0 Å². The SMILES string of the molecule is C=CC1=C=C=C=C1. The third kappa shape index (κ3) is 0.627. The second kappa shape index (κ2) is 1.51. The summed E-state index contributed by atoms with van der Waals surface area (Å²) in [5.41, 5.74) is 9.13. The van der Waals surface area contributed by atoms with Gasteiger partial charge in [0.25, 0.3) is 0 Å². The van der Waals surface area contributed by atoms with Crippen molar-refractivity contribution in [2.24, 2.45) is 0 Å². The highest BCUT2D eigenvalue weighted by Gasteiger charge is 1.78. The normalized spacial score (nSPS) is 12.3. The lowest BCUT2D eigenvalue weighted by Gasteiger charge is -1.72. The molecular formula is C7H4. The van der Waals surface area contributed by atoms with Crippen LogP contribution in [0.15, 0.2) is 41.5 Å². The van der Waals surface area contributed by atoms with Gasteiger partial charge in [-0.25, -0.2) is 0 Å². The molecule has 1 rings (SSSR count). The molecule has 0 bridgehead atoms. The number of hydrogen-bond acceptors (Lipinski definition) is 0. The smallest absolute Gasteiger partial charge is 0.0333 e. The molecule has 0 heteroatoms. The van der Waals surface area contributed by atoms with E-state index in [1.165, 1.54) is 0 Å². The Balaban J connectivity index is 3.07. The maximum absolute atomic E-state index is 3.53. The summed E-state index contributed by atoms with van der Waals surface area (Å²) in [4.78, 5) is 0. The number of rotatable bonds is 1. The lowest BCUT2D eigenvalue weighted by atomic mass is 10.3. The predicted octanol–water partition coefficient (Wildman–Crippen LogP) is 1.58. The fourth-order valence-electron chi connectivity index (χ4n) is 0.368. The summed E-state index contributed by atoms with van der Waals surface area (Å²) in [6.45, 7) is 3.53. The van der Waals surface area contributed by atoms with Crippen LogP contribution in [-0.4, -0.2) is 0 Å². The topological polar surface area (TPSA) is 0 Å². The minimum atomic E-state index is 0.958. The van der Waals surface area contributed by atoms with Gasteiger partial charge in [0, 0.05) is 11.6 Å². The molecule has 0 saturated carbocycles. The van der Waals surface area contributed by atoms with Gasteiger partial charge in [0.15, 0.2) is 0 Å².